The number of rotatable bonds is 6. The molecule has 6 nitrogen and oxygen atoms in total. The number of carbonyl (C=O) groups is 2. The smallest absolute Gasteiger partial charge is 0.344 e. The molecule has 0 amide bonds. The van der Waals surface area contributed by atoms with Gasteiger partial charge in [0.2, 0.25) is 5.43 Å². The molecular formula is C20H19NO5S. The van der Waals surface area contributed by atoms with Crippen molar-refractivity contribution in [1.29, 1.82) is 0 Å². The molecule has 0 saturated heterocycles. The summed E-state index contributed by atoms with van der Waals surface area (Å²) in [5.41, 5.74) is 0.116. The first-order chi connectivity index (χ1) is 13.1. The van der Waals surface area contributed by atoms with Crippen LogP contribution < -0.4 is 5.43 Å². The Labute approximate surface area is 159 Å². The van der Waals surface area contributed by atoms with Crippen LogP contribution in [0.25, 0.3) is 21.7 Å². The van der Waals surface area contributed by atoms with Crippen LogP contribution in [-0.4, -0.2) is 35.9 Å². The van der Waals surface area contributed by atoms with E-state index in [2.05, 4.69) is 4.98 Å². The molecule has 7 heteroatoms. The molecule has 3 aromatic rings. The third kappa shape index (κ3) is 3.83. The van der Waals surface area contributed by atoms with Crippen LogP contribution in [0.5, 0.6) is 0 Å². The lowest BCUT2D eigenvalue weighted by molar-refractivity contribution is -0.139. The maximum absolute atomic E-state index is 13.0. The van der Waals surface area contributed by atoms with Gasteiger partial charge in [0.05, 0.1) is 29.5 Å². The first-order valence-electron chi connectivity index (χ1n) is 8.60. The van der Waals surface area contributed by atoms with E-state index in [1.165, 1.54) is 0 Å². The number of hydrogen-bond acceptors (Lipinski definition) is 6. The summed E-state index contributed by atoms with van der Waals surface area (Å²) in [5.74, 6) is -1.15. The van der Waals surface area contributed by atoms with Crippen LogP contribution in [0.2, 0.25) is 0 Å². The molecule has 0 aliphatic rings. The topological polar surface area (TPSA) is 85.5 Å². The first kappa shape index (κ1) is 19.0. The Balaban J connectivity index is 2.20. The Morgan fingerprint density at radius 1 is 1.00 bits per heavy atom. The van der Waals surface area contributed by atoms with E-state index in [1.807, 2.05) is 30.3 Å². The van der Waals surface area contributed by atoms with Crippen LogP contribution in [0.15, 0.2) is 46.2 Å². The molecule has 0 fully saturated rings. The van der Waals surface area contributed by atoms with Crippen molar-refractivity contribution in [1.82, 2.24) is 4.98 Å². The predicted octanol–water partition coefficient (Wildman–Crippen LogP) is 3.51. The van der Waals surface area contributed by atoms with Gasteiger partial charge in [-0.05, 0) is 25.3 Å². The van der Waals surface area contributed by atoms with Crippen LogP contribution in [0.1, 0.15) is 24.2 Å². The van der Waals surface area contributed by atoms with Crippen LogP contribution in [0.3, 0.4) is 0 Å². The highest BCUT2D eigenvalue weighted by atomic mass is 32.2. The summed E-state index contributed by atoms with van der Waals surface area (Å²) in [6.45, 7) is 3.81. The largest absolute Gasteiger partial charge is 0.465 e. The zero-order chi connectivity index (χ0) is 19.4. The van der Waals surface area contributed by atoms with E-state index in [9.17, 15) is 14.4 Å². The predicted molar refractivity (Wildman–Crippen MR) is 105 cm³/mol. The van der Waals surface area contributed by atoms with Gasteiger partial charge >= 0.3 is 11.9 Å². The Hall–Kier alpha value is -2.80. The van der Waals surface area contributed by atoms with E-state index >= 15 is 0 Å². The number of carbonyl (C=O) groups excluding carboxylic acids is 2. The monoisotopic (exact) mass is 385 g/mol. The Morgan fingerprint density at radius 3 is 2.48 bits per heavy atom. The minimum atomic E-state index is -0.708. The van der Waals surface area contributed by atoms with E-state index < -0.39 is 17.4 Å². The average Bonchev–Trinajstić information content (AvgIpc) is 2.66. The number of nitrogens with one attached hydrogen (secondary N) is 1. The number of aromatic nitrogens is 1. The van der Waals surface area contributed by atoms with E-state index in [4.69, 9.17) is 9.47 Å². The summed E-state index contributed by atoms with van der Waals surface area (Å²) < 4.78 is 9.98. The zero-order valence-electron chi connectivity index (χ0n) is 15.0. The van der Waals surface area contributed by atoms with Crippen molar-refractivity contribution in [3.8, 4) is 0 Å². The fraction of sp³-hybridized carbons (Fsp3) is 0.250. The number of ether oxygens (including phenoxy) is 2. The third-order valence-corrected chi connectivity index (χ3v) is 4.96. The minimum Gasteiger partial charge on any atom is -0.465 e. The van der Waals surface area contributed by atoms with E-state index in [0.717, 1.165) is 22.5 Å². The molecule has 140 valence electrons. The van der Waals surface area contributed by atoms with Crippen molar-refractivity contribution in [3.63, 3.8) is 0 Å². The Kier molecular flexibility index (Phi) is 5.81. The number of esters is 2. The lowest BCUT2D eigenvalue weighted by Gasteiger charge is -2.12. The zero-order valence-corrected chi connectivity index (χ0v) is 15.9. The molecule has 27 heavy (non-hydrogen) atoms. The van der Waals surface area contributed by atoms with Gasteiger partial charge < -0.3 is 14.5 Å². The highest BCUT2D eigenvalue weighted by Gasteiger charge is 2.22. The molecule has 3 rings (SSSR count). The van der Waals surface area contributed by atoms with Gasteiger partial charge in [-0.1, -0.05) is 42.1 Å². The molecule has 2 aromatic carbocycles. The normalized spacial score (nSPS) is 10.9. The molecule has 0 unspecified atom stereocenters. The molecule has 0 spiro atoms. The van der Waals surface area contributed by atoms with Gasteiger partial charge in [0, 0.05) is 10.8 Å². The lowest BCUT2D eigenvalue weighted by Crippen LogP contribution is -2.21. The molecule has 1 N–H and O–H groups in total. The number of fused-ring (bicyclic) bond motifs is 3. The number of hydrogen-bond donors (Lipinski definition) is 1. The summed E-state index contributed by atoms with van der Waals surface area (Å²) in [5, 5.41) is 2.53. The molecule has 0 atom stereocenters. The second kappa shape index (κ2) is 8.26. The minimum absolute atomic E-state index is 0.0214. The molecular weight excluding hydrogens is 366 g/mol. The van der Waals surface area contributed by atoms with Crippen molar-refractivity contribution in [2.75, 3.05) is 19.0 Å². The molecule has 0 aliphatic carbocycles. The molecule has 1 aromatic heterocycles. The van der Waals surface area contributed by atoms with Gasteiger partial charge in [0.15, 0.2) is 0 Å². The quantitative estimate of drug-likeness (QED) is 0.397. The molecule has 0 saturated carbocycles. The lowest BCUT2D eigenvalue weighted by atomic mass is 10.0. The average molecular weight is 385 g/mol. The third-order valence-electron chi connectivity index (χ3n) is 3.99. The van der Waals surface area contributed by atoms with Crippen molar-refractivity contribution >= 4 is 45.4 Å². The van der Waals surface area contributed by atoms with E-state index in [1.54, 1.807) is 19.9 Å². The van der Waals surface area contributed by atoms with Gasteiger partial charge in [0.25, 0.3) is 0 Å². The van der Waals surface area contributed by atoms with Crippen molar-refractivity contribution in [3.05, 3.63) is 52.2 Å². The van der Waals surface area contributed by atoms with Gasteiger partial charge in [0.1, 0.15) is 5.56 Å². The van der Waals surface area contributed by atoms with E-state index in [-0.39, 0.29) is 24.5 Å². The van der Waals surface area contributed by atoms with Gasteiger partial charge in [-0.3, -0.25) is 9.59 Å². The first-order valence-corrected chi connectivity index (χ1v) is 9.58. The number of thioether (sulfide) groups is 1. The highest BCUT2D eigenvalue weighted by molar-refractivity contribution is 8.00. The van der Waals surface area contributed by atoms with Crippen molar-refractivity contribution < 1.29 is 19.1 Å². The molecule has 0 aliphatic heterocycles. The standard InChI is InChI=1S/C20H19NO5S/c1-3-25-15(22)11-27-19-16(20(24)26-4-2)18(23)14-10-9-12-7-5-6-8-13(12)17(14)21-19/h5-10H,3-4,11H2,1-2H3,(H,21,23). The maximum atomic E-state index is 13.0. The molecule has 1 heterocycles. The molecule has 0 bridgehead atoms. The van der Waals surface area contributed by atoms with Crippen LogP contribution in [-0.2, 0) is 14.3 Å². The molecule has 0 radical (unpaired) electrons. The number of pyridine rings is 1. The van der Waals surface area contributed by atoms with Crippen molar-refractivity contribution in [2.45, 2.75) is 18.9 Å². The number of benzene rings is 2. The van der Waals surface area contributed by atoms with Crippen molar-refractivity contribution in [2.24, 2.45) is 0 Å². The van der Waals surface area contributed by atoms with E-state index in [0.29, 0.717) is 15.9 Å². The fourth-order valence-corrected chi connectivity index (χ4v) is 3.68. The van der Waals surface area contributed by atoms with Crippen LogP contribution >= 0.6 is 11.8 Å². The van der Waals surface area contributed by atoms with Gasteiger partial charge in [-0.2, -0.15) is 0 Å². The van der Waals surface area contributed by atoms with Crippen LogP contribution in [0, 0.1) is 0 Å². The Morgan fingerprint density at radius 2 is 1.74 bits per heavy atom. The Bertz CT molecular complexity index is 1070. The number of H-pyrrole nitrogens is 1. The van der Waals surface area contributed by atoms with Gasteiger partial charge in [-0.15, -0.1) is 0 Å². The number of aromatic amines is 1. The van der Waals surface area contributed by atoms with Crippen LogP contribution in [0.4, 0.5) is 0 Å². The summed E-state index contributed by atoms with van der Waals surface area (Å²) in [6, 6.07) is 11.2. The highest BCUT2D eigenvalue weighted by Crippen LogP contribution is 2.27. The van der Waals surface area contributed by atoms with Gasteiger partial charge in [-0.25, -0.2) is 4.79 Å². The summed E-state index contributed by atoms with van der Waals surface area (Å²) in [6.07, 6.45) is 0. The maximum Gasteiger partial charge on any atom is 0.344 e. The second-order valence-electron chi connectivity index (χ2n) is 5.68. The summed E-state index contributed by atoms with van der Waals surface area (Å²) >= 11 is 1.06. The summed E-state index contributed by atoms with van der Waals surface area (Å²) in [7, 11) is 0. The second-order valence-corrected chi connectivity index (χ2v) is 6.67. The fourth-order valence-electron chi connectivity index (χ4n) is 2.84. The summed E-state index contributed by atoms with van der Waals surface area (Å²) in [4.78, 5) is 40.3. The SMILES string of the molecule is CCOC(=O)CSc1[nH]c2c(ccc3ccccc32)c(=O)c1C(=O)OCC.